The summed E-state index contributed by atoms with van der Waals surface area (Å²) >= 11 is 1.62. The maximum absolute atomic E-state index is 12.6. The lowest BCUT2D eigenvalue weighted by atomic mass is 9.88. The third kappa shape index (κ3) is 4.78. The van der Waals surface area contributed by atoms with Gasteiger partial charge in [0.1, 0.15) is 5.54 Å². The lowest BCUT2D eigenvalue weighted by Gasteiger charge is -2.31. The van der Waals surface area contributed by atoms with Crippen molar-refractivity contribution in [3.05, 3.63) is 82.1 Å². The predicted molar refractivity (Wildman–Crippen MR) is 108 cm³/mol. The predicted octanol–water partition coefficient (Wildman–Crippen LogP) is 2.99. The van der Waals surface area contributed by atoms with Gasteiger partial charge in [0.15, 0.2) is 0 Å². The van der Waals surface area contributed by atoms with Gasteiger partial charge in [0.2, 0.25) is 5.91 Å². The fourth-order valence-electron chi connectivity index (χ4n) is 3.15. The van der Waals surface area contributed by atoms with Crippen molar-refractivity contribution in [2.75, 3.05) is 6.54 Å². The summed E-state index contributed by atoms with van der Waals surface area (Å²) < 4.78 is 0. The molecule has 3 N–H and O–H groups in total. The number of primary amides is 1. The molecule has 27 heavy (non-hydrogen) atoms. The highest BCUT2D eigenvalue weighted by atomic mass is 32.1. The Labute approximate surface area is 163 Å². The standard InChI is InChI=1S/C21H24N4OS/c1-16-2-3-19(27-16)21(20(22)26,10-4-17-5-11-23-12-6-17)25-15-9-18-7-13-24-14-8-18/h2-3,5-8,11-14,25H,4,9-10,15H2,1H3,(H2,22,26). The van der Waals surface area contributed by atoms with Gasteiger partial charge in [0.05, 0.1) is 0 Å². The van der Waals surface area contributed by atoms with Crippen LogP contribution in [0.1, 0.15) is 27.3 Å². The second-order valence-corrected chi connectivity index (χ2v) is 7.86. The molecule has 3 aromatic rings. The number of rotatable bonds is 9. The minimum absolute atomic E-state index is 0.340. The van der Waals surface area contributed by atoms with Crippen LogP contribution in [-0.4, -0.2) is 22.4 Å². The topological polar surface area (TPSA) is 80.9 Å². The average Bonchev–Trinajstić information content (AvgIpc) is 3.12. The Morgan fingerprint density at radius 1 is 1.00 bits per heavy atom. The number of hydrogen-bond donors (Lipinski definition) is 2. The number of nitrogens with one attached hydrogen (secondary N) is 1. The number of carbonyl (C=O) groups is 1. The number of aryl methyl sites for hydroxylation is 2. The Morgan fingerprint density at radius 2 is 1.59 bits per heavy atom. The molecule has 0 radical (unpaired) electrons. The van der Waals surface area contributed by atoms with E-state index in [0.717, 1.165) is 28.2 Å². The number of hydrogen-bond acceptors (Lipinski definition) is 5. The molecule has 140 valence electrons. The van der Waals surface area contributed by atoms with Crippen LogP contribution in [0.4, 0.5) is 0 Å². The maximum atomic E-state index is 12.6. The van der Waals surface area contributed by atoms with Crippen molar-refractivity contribution in [3.63, 3.8) is 0 Å². The van der Waals surface area contributed by atoms with E-state index < -0.39 is 5.54 Å². The lowest BCUT2D eigenvalue weighted by molar-refractivity contribution is -0.125. The smallest absolute Gasteiger partial charge is 0.243 e. The fraction of sp³-hybridized carbons (Fsp3) is 0.286. The van der Waals surface area contributed by atoms with Gasteiger partial charge in [-0.1, -0.05) is 0 Å². The van der Waals surface area contributed by atoms with Crippen LogP contribution in [0.25, 0.3) is 0 Å². The molecule has 3 heterocycles. The molecule has 1 unspecified atom stereocenters. The normalized spacial score (nSPS) is 13.2. The van der Waals surface area contributed by atoms with E-state index in [1.807, 2.05) is 43.3 Å². The van der Waals surface area contributed by atoms with E-state index in [4.69, 9.17) is 5.73 Å². The summed E-state index contributed by atoms with van der Waals surface area (Å²) in [4.78, 5) is 22.9. The zero-order valence-electron chi connectivity index (χ0n) is 15.4. The van der Waals surface area contributed by atoms with Crippen molar-refractivity contribution in [3.8, 4) is 0 Å². The molecule has 3 rings (SSSR count). The van der Waals surface area contributed by atoms with E-state index in [-0.39, 0.29) is 5.91 Å². The molecule has 0 saturated carbocycles. The molecule has 0 bridgehead atoms. The van der Waals surface area contributed by atoms with Crippen molar-refractivity contribution >= 4 is 17.2 Å². The van der Waals surface area contributed by atoms with Crippen LogP contribution in [-0.2, 0) is 23.2 Å². The quantitative estimate of drug-likeness (QED) is 0.598. The highest BCUT2D eigenvalue weighted by Gasteiger charge is 2.38. The van der Waals surface area contributed by atoms with Crippen LogP contribution in [0.2, 0.25) is 0 Å². The van der Waals surface area contributed by atoms with Gasteiger partial charge in [-0.15, -0.1) is 11.3 Å². The first-order valence-electron chi connectivity index (χ1n) is 9.00. The summed E-state index contributed by atoms with van der Waals surface area (Å²) in [5.74, 6) is -0.340. The number of carbonyl (C=O) groups excluding carboxylic acids is 1. The number of nitrogens with zero attached hydrogens (tertiary/aromatic N) is 2. The molecule has 3 aromatic heterocycles. The molecule has 5 nitrogen and oxygen atoms in total. The Bertz CT molecular complexity index is 866. The number of pyridine rings is 2. The number of thiophene rings is 1. The molecule has 1 amide bonds. The third-order valence-electron chi connectivity index (χ3n) is 4.71. The summed E-state index contributed by atoms with van der Waals surface area (Å²) in [6.07, 6.45) is 9.25. The maximum Gasteiger partial charge on any atom is 0.243 e. The van der Waals surface area contributed by atoms with Crippen LogP contribution < -0.4 is 11.1 Å². The summed E-state index contributed by atoms with van der Waals surface area (Å²) in [6, 6.07) is 12.0. The SMILES string of the molecule is Cc1ccc(C(CCc2ccncc2)(NCCc2ccncc2)C(N)=O)s1. The largest absolute Gasteiger partial charge is 0.368 e. The Balaban J connectivity index is 1.80. The van der Waals surface area contributed by atoms with Gasteiger partial charge < -0.3 is 5.73 Å². The Hall–Kier alpha value is -2.57. The first-order valence-corrected chi connectivity index (χ1v) is 9.81. The van der Waals surface area contributed by atoms with Crippen molar-refractivity contribution in [1.82, 2.24) is 15.3 Å². The molecule has 0 saturated heterocycles. The van der Waals surface area contributed by atoms with Gasteiger partial charge in [-0.05, 0) is 73.7 Å². The molecular formula is C21H24N4OS. The van der Waals surface area contributed by atoms with Crippen LogP contribution >= 0.6 is 11.3 Å². The van der Waals surface area contributed by atoms with Crippen LogP contribution in [0, 0.1) is 6.92 Å². The van der Waals surface area contributed by atoms with Gasteiger partial charge in [-0.25, -0.2) is 0 Å². The molecule has 0 fully saturated rings. The third-order valence-corrected chi connectivity index (χ3v) is 5.87. The second-order valence-electron chi connectivity index (χ2n) is 6.57. The van der Waals surface area contributed by atoms with E-state index in [2.05, 4.69) is 15.3 Å². The summed E-state index contributed by atoms with van der Waals surface area (Å²) in [5.41, 5.74) is 7.37. The molecule has 6 heteroatoms. The Morgan fingerprint density at radius 3 is 2.11 bits per heavy atom. The van der Waals surface area contributed by atoms with E-state index >= 15 is 0 Å². The summed E-state index contributed by atoms with van der Waals surface area (Å²) in [5, 5.41) is 3.48. The summed E-state index contributed by atoms with van der Waals surface area (Å²) in [7, 11) is 0. The average molecular weight is 381 g/mol. The number of amides is 1. The van der Waals surface area contributed by atoms with Crippen molar-refractivity contribution in [2.24, 2.45) is 5.73 Å². The molecule has 0 spiro atoms. The van der Waals surface area contributed by atoms with Crippen LogP contribution in [0.3, 0.4) is 0 Å². The first kappa shape index (κ1) is 19.2. The van der Waals surface area contributed by atoms with Gasteiger partial charge in [0.25, 0.3) is 0 Å². The van der Waals surface area contributed by atoms with Crippen molar-refractivity contribution in [2.45, 2.75) is 31.7 Å². The summed E-state index contributed by atoms with van der Waals surface area (Å²) in [6.45, 7) is 2.69. The zero-order chi connectivity index (χ0) is 19.1. The van der Waals surface area contributed by atoms with Crippen LogP contribution in [0.15, 0.2) is 61.2 Å². The minimum atomic E-state index is -0.880. The van der Waals surface area contributed by atoms with Crippen LogP contribution in [0.5, 0.6) is 0 Å². The van der Waals surface area contributed by atoms with Gasteiger partial charge >= 0.3 is 0 Å². The monoisotopic (exact) mass is 380 g/mol. The van der Waals surface area contributed by atoms with Crippen molar-refractivity contribution in [1.29, 1.82) is 0 Å². The van der Waals surface area contributed by atoms with Gasteiger partial charge in [0, 0.05) is 41.1 Å². The van der Waals surface area contributed by atoms with E-state index in [9.17, 15) is 4.79 Å². The lowest BCUT2D eigenvalue weighted by Crippen LogP contribution is -2.53. The molecule has 0 aliphatic rings. The highest BCUT2D eigenvalue weighted by Crippen LogP contribution is 2.32. The Kier molecular flexibility index (Phi) is 6.32. The highest BCUT2D eigenvalue weighted by molar-refractivity contribution is 7.12. The fourth-order valence-corrected chi connectivity index (χ4v) is 4.21. The molecule has 1 atom stereocenters. The number of aromatic nitrogens is 2. The molecule has 0 aromatic carbocycles. The van der Waals surface area contributed by atoms with E-state index in [0.29, 0.717) is 13.0 Å². The van der Waals surface area contributed by atoms with Gasteiger partial charge in [-0.3, -0.25) is 20.1 Å². The molecule has 0 aliphatic heterocycles. The second kappa shape index (κ2) is 8.88. The van der Waals surface area contributed by atoms with Crippen molar-refractivity contribution < 1.29 is 4.79 Å². The van der Waals surface area contributed by atoms with E-state index in [1.54, 1.807) is 36.1 Å². The number of nitrogens with two attached hydrogens (primary N) is 1. The zero-order valence-corrected chi connectivity index (χ0v) is 16.2. The first-order chi connectivity index (χ1) is 13.1. The van der Waals surface area contributed by atoms with Gasteiger partial charge in [-0.2, -0.15) is 0 Å². The minimum Gasteiger partial charge on any atom is -0.368 e. The molecule has 0 aliphatic carbocycles. The van der Waals surface area contributed by atoms with E-state index in [1.165, 1.54) is 5.56 Å². The molecular weight excluding hydrogens is 356 g/mol.